The minimum absolute atomic E-state index is 0.104. The Morgan fingerprint density at radius 1 is 1.37 bits per heavy atom. The van der Waals surface area contributed by atoms with E-state index in [9.17, 15) is 5.26 Å². The molecular formula is C17H23NO. The molecule has 1 aromatic rings. The molecule has 19 heavy (non-hydrogen) atoms. The van der Waals surface area contributed by atoms with Crippen LogP contribution >= 0.6 is 0 Å². The molecule has 1 aliphatic rings. The summed E-state index contributed by atoms with van der Waals surface area (Å²) in [6.07, 6.45) is 4.18. The van der Waals surface area contributed by atoms with E-state index >= 15 is 0 Å². The lowest BCUT2D eigenvalue weighted by atomic mass is 9.66. The number of nitrogens with zero attached hydrogens (tertiary/aromatic N) is 1. The van der Waals surface area contributed by atoms with E-state index < -0.39 is 0 Å². The van der Waals surface area contributed by atoms with Gasteiger partial charge in [0.2, 0.25) is 0 Å². The first kappa shape index (κ1) is 13.9. The Kier molecular flexibility index (Phi) is 3.85. The van der Waals surface area contributed by atoms with Gasteiger partial charge in [0, 0.05) is 0 Å². The van der Waals surface area contributed by atoms with E-state index in [-0.39, 0.29) is 5.41 Å². The van der Waals surface area contributed by atoms with Crippen molar-refractivity contribution in [1.82, 2.24) is 0 Å². The van der Waals surface area contributed by atoms with Crippen LogP contribution in [-0.4, -0.2) is 7.11 Å². The lowest BCUT2D eigenvalue weighted by molar-refractivity contribution is 0.213. The highest BCUT2D eigenvalue weighted by Gasteiger charge is 2.37. The summed E-state index contributed by atoms with van der Waals surface area (Å²) in [7, 11) is 1.73. The second-order valence-corrected chi connectivity index (χ2v) is 6.10. The van der Waals surface area contributed by atoms with Gasteiger partial charge >= 0.3 is 0 Å². The molecule has 0 N–H and O–H groups in total. The van der Waals surface area contributed by atoms with Crippen LogP contribution in [0.4, 0.5) is 0 Å². The maximum atomic E-state index is 9.39. The van der Waals surface area contributed by atoms with Crippen molar-refractivity contribution in [3.63, 3.8) is 0 Å². The van der Waals surface area contributed by atoms with Crippen molar-refractivity contribution < 1.29 is 4.74 Å². The van der Waals surface area contributed by atoms with Crippen LogP contribution in [0.3, 0.4) is 0 Å². The summed E-state index contributed by atoms with van der Waals surface area (Å²) >= 11 is 0. The lowest BCUT2D eigenvalue weighted by Crippen LogP contribution is -2.30. The Hall–Kier alpha value is -1.49. The van der Waals surface area contributed by atoms with Crippen molar-refractivity contribution in [3.05, 3.63) is 28.8 Å². The van der Waals surface area contributed by atoms with Crippen molar-refractivity contribution in [2.45, 2.75) is 52.4 Å². The van der Waals surface area contributed by atoms with Gasteiger partial charge < -0.3 is 4.74 Å². The van der Waals surface area contributed by atoms with Gasteiger partial charge in [-0.2, -0.15) is 5.26 Å². The van der Waals surface area contributed by atoms with Crippen LogP contribution in [0, 0.1) is 23.7 Å². The summed E-state index contributed by atoms with van der Waals surface area (Å²) in [6.45, 7) is 6.48. The summed E-state index contributed by atoms with van der Waals surface area (Å²) in [5.74, 6) is 1.41. The van der Waals surface area contributed by atoms with Gasteiger partial charge in [-0.15, -0.1) is 0 Å². The van der Waals surface area contributed by atoms with E-state index in [1.807, 2.05) is 0 Å². The van der Waals surface area contributed by atoms with Crippen LogP contribution in [0.25, 0.3) is 0 Å². The fourth-order valence-electron chi connectivity index (χ4n) is 2.86. The Bertz CT molecular complexity index is 507. The second-order valence-electron chi connectivity index (χ2n) is 6.10. The molecule has 0 heterocycles. The predicted molar refractivity (Wildman–Crippen MR) is 77.4 cm³/mol. The van der Waals surface area contributed by atoms with Gasteiger partial charge in [0.25, 0.3) is 0 Å². The first-order valence-corrected chi connectivity index (χ1v) is 7.10. The topological polar surface area (TPSA) is 33.0 Å². The van der Waals surface area contributed by atoms with E-state index in [1.165, 1.54) is 23.1 Å². The van der Waals surface area contributed by atoms with Gasteiger partial charge in [-0.1, -0.05) is 26.3 Å². The van der Waals surface area contributed by atoms with Crippen LogP contribution in [0.15, 0.2) is 12.1 Å². The number of benzene rings is 1. The molecule has 0 atom stereocenters. The molecule has 0 aliphatic heterocycles. The van der Waals surface area contributed by atoms with Crippen molar-refractivity contribution in [2.24, 2.45) is 5.41 Å². The molecule has 0 spiro atoms. The van der Waals surface area contributed by atoms with Gasteiger partial charge in [0.15, 0.2) is 0 Å². The summed E-state index contributed by atoms with van der Waals surface area (Å²) < 4.78 is 5.47. The number of aryl methyl sites for hydroxylation is 1. The smallest absolute Gasteiger partial charge is 0.122 e. The molecule has 0 aromatic heterocycles. The van der Waals surface area contributed by atoms with Crippen molar-refractivity contribution in [2.75, 3.05) is 7.11 Å². The second kappa shape index (κ2) is 5.25. The van der Waals surface area contributed by atoms with Crippen LogP contribution in [0.5, 0.6) is 5.75 Å². The Labute approximate surface area is 116 Å². The third kappa shape index (κ3) is 2.61. The Morgan fingerprint density at radius 3 is 2.47 bits per heavy atom. The molecule has 0 amide bonds. The van der Waals surface area contributed by atoms with E-state index in [0.29, 0.717) is 5.92 Å². The highest BCUT2D eigenvalue weighted by Crippen LogP contribution is 2.44. The molecule has 1 saturated carbocycles. The molecule has 102 valence electrons. The molecular weight excluding hydrogens is 234 g/mol. The third-order valence-corrected chi connectivity index (χ3v) is 4.39. The molecule has 0 radical (unpaired) electrons. The average molecular weight is 257 g/mol. The molecule has 1 aliphatic carbocycles. The fourth-order valence-corrected chi connectivity index (χ4v) is 2.86. The molecule has 1 fully saturated rings. The van der Waals surface area contributed by atoms with E-state index in [1.54, 1.807) is 7.11 Å². The van der Waals surface area contributed by atoms with Crippen molar-refractivity contribution in [1.29, 1.82) is 5.26 Å². The van der Waals surface area contributed by atoms with Gasteiger partial charge in [0.1, 0.15) is 5.75 Å². The molecule has 0 unspecified atom stereocenters. The normalized spacial score (nSPS) is 16.8. The van der Waals surface area contributed by atoms with E-state index in [4.69, 9.17) is 4.74 Å². The van der Waals surface area contributed by atoms with Crippen molar-refractivity contribution >= 4 is 0 Å². The SMILES string of the molecule is COc1cc(C)c(CC2(C#N)CCC2)cc1C(C)C. The third-order valence-electron chi connectivity index (χ3n) is 4.39. The van der Waals surface area contributed by atoms with Gasteiger partial charge in [-0.05, 0) is 54.9 Å². The molecule has 2 rings (SSSR count). The lowest BCUT2D eigenvalue weighted by Gasteiger charge is -2.36. The zero-order chi connectivity index (χ0) is 14.0. The van der Waals surface area contributed by atoms with Crippen LogP contribution in [0.2, 0.25) is 0 Å². The first-order valence-electron chi connectivity index (χ1n) is 7.10. The maximum Gasteiger partial charge on any atom is 0.122 e. The van der Waals surface area contributed by atoms with Crippen LogP contribution in [0.1, 0.15) is 55.7 Å². The van der Waals surface area contributed by atoms with Gasteiger partial charge in [0.05, 0.1) is 18.6 Å². The zero-order valence-corrected chi connectivity index (χ0v) is 12.4. The standard InChI is InChI=1S/C17H23NO/c1-12(2)15-9-14(13(3)8-16(15)19-4)10-17(11-18)6-5-7-17/h8-9,12H,5-7,10H2,1-4H3. The summed E-state index contributed by atoms with van der Waals surface area (Å²) in [5.41, 5.74) is 3.69. The maximum absolute atomic E-state index is 9.39. The zero-order valence-electron chi connectivity index (χ0n) is 12.4. The predicted octanol–water partition coefficient (Wildman–Crippen LogP) is 4.36. The highest BCUT2D eigenvalue weighted by molar-refractivity contribution is 5.44. The molecule has 2 heteroatoms. The van der Waals surface area contributed by atoms with Crippen LogP contribution < -0.4 is 4.74 Å². The number of ether oxygens (including phenoxy) is 1. The number of nitriles is 1. The monoisotopic (exact) mass is 257 g/mol. The quantitative estimate of drug-likeness (QED) is 0.802. The number of hydrogen-bond acceptors (Lipinski definition) is 2. The summed E-state index contributed by atoms with van der Waals surface area (Å²) in [4.78, 5) is 0. The minimum atomic E-state index is -0.104. The largest absolute Gasteiger partial charge is 0.496 e. The minimum Gasteiger partial charge on any atom is -0.496 e. The highest BCUT2D eigenvalue weighted by atomic mass is 16.5. The molecule has 0 saturated heterocycles. The Balaban J connectivity index is 2.36. The van der Waals surface area contributed by atoms with Crippen molar-refractivity contribution in [3.8, 4) is 11.8 Å². The van der Waals surface area contributed by atoms with E-state index in [2.05, 4.69) is 39.0 Å². The number of methoxy groups -OCH3 is 1. The summed E-state index contributed by atoms with van der Waals surface area (Å²) in [5, 5.41) is 9.39. The average Bonchev–Trinajstić information content (AvgIpc) is 2.34. The fraction of sp³-hybridized carbons (Fsp3) is 0.588. The molecule has 1 aromatic carbocycles. The molecule has 2 nitrogen and oxygen atoms in total. The first-order chi connectivity index (χ1) is 9.01. The van der Waals surface area contributed by atoms with E-state index in [0.717, 1.165) is 25.0 Å². The Morgan fingerprint density at radius 2 is 2.05 bits per heavy atom. The summed E-state index contributed by atoms with van der Waals surface area (Å²) in [6, 6.07) is 6.90. The number of rotatable bonds is 4. The molecule has 0 bridgehead atoms. The number of hydrogen-bond donors (Lipinski definition) is 0. The van der Waals surface area contributed by atoms with Gasteiger partial charge in [-0.25, -0.2) is 0 Å². The van der Waals surface area contributed by atoms with Gasteiger partial charge in [-0.3, -0.25) is 0 Å². The van der Waals surface area contributed by atoms with Crippen LogP contribution in [-0.2, 0) is 6.42 Å².